The van der Waals surface area contributed by atoms with Crippen molar-refractivity contribution >= 4 is 5.97 Å². The molecule has 0 amide bonds. The highest BCUT2D eigenvalue weighted by Crippen LogP contribution is 2.16. The van der Waals surface area contributed by atoms with Gasteiger partial charge in [-0.3, -0.25) is 9.69 Å². The van der Waals surface area contributed by atoms with E-state index in [1.54, 1.807) is 6.92 Å². The minimum absolute atomic E-state index is 0.000411. The minimum atomic E-state index is -0.214. The van der Waals surface area contributed by atoms with E-state index in [0.717, 1.165) is 0 Å². The van der Waals surface area contributed by atoms with Gasteiger partial charge in [-0.05, 0) is 14.0 Å². The quantitative estimate of drug-likeness (QED) is 0.721. The molecule has 6 heteroatoms. The van der Waals surface area contributed by atoms with Crippen molar-refractivity contribution < 1.29 is 14.1 Å². The topological polar surface area (TPSA) is 68.5 Å². The SMILES string of the molecule is COC(=O)[C@@H](C)CN(C)[C@@H](C)c1noc(C)n1. The molecular formula is C11H19N3O3. The molecule has 0 unspecified atom stereocenters. The zero-order valence-corrected chi connectivity index (χ0v) is 10.9. The van der Waals surface area contributed by atoms with Crippen molar-refractivity contribution in [2.45, 2.75) is 26.8 Å². The van der Waals surface area contributed by atoms with Gasteiger partial charge in [-0.1, -0.05) is 12.1 Å². The van der Waals surface area contributed by atoms with Crippen LogP contribution in [-0.4, -0.2) is 41.7 Å². The van der Waals surface area contributed by atoms with Crippen molar-refractivity contribution in [2.75, 3.05) is 20.7 Å². The smallest absolute Gasteiger partial charge is 0.309 e. The number of hydrogen-bond acceptors (Lipinski definition) is 6. The van der Waals surface area contributed by atoms with Gasteiger partial charge in [0.05, 0.1) is 19.1 Å². The Morgan fingerprint density at radius 2 is 2.18 bits per heavy atom. The summed E-state index contributed by atoms with van der Waals surface area (Å²) in [5.41, 5.74) is 0. The molecule has 0 N–H and O–H groups in total. The minimum Gasteiger partial charge on any atom is -0.469 e. The van der Waals surface area contributed by atoms with Crippen LogP contribution in [0.15, 0.2) is 4.52 Å². The molecule has 1 heterocycles. The summed E-state index contributed by atoms with van der Waals surface area (Å²) in [6.07, 6.45) is 0. The second-order valence-electron chi connectivity index (χ2n) is 4.21. The first-order valence-electron chi connectivity index (χ1n) is 5.54. The number of ether oxygens (including phenoxy) is 1. The number of nitrogens with zero attached hydrogens (tertiary/aromatic N) is 3. The van der Waals surface area contributed by atoms with Crippen LogP contribution in [-0.2, 0) is 9.53 Å². The van der Waals surface area contributed by atoms with E-state index < -0.39 is 0 Å². The molecule has 1 aromatic rings. The number of aryl methyl sites for hydroxylation is 1. The third kappa shape index (κ3) is 3.52. The molecule has 0 bridgehead atoms. The van der Waals surface area contributed by atoms with E-state index in [0.29, 0.717) is 18.3 Å². The Morgan fingerprint density at radius 3 is 2.65 bits per heavy atom. The van der Waals surface area contributed by atoms with E-state index in [2.05, 4.69) is 14.9 Å². The average Bonchev–Trinajstić information content (AvgIpc) is 2.73. The normalized spacial score (nSPS) is 14.7. The fraction of sp³-hybridized carbons (Fsp3) is 0.727. The number of aromatic nitrogens is 2. The Kier molecular flexibility index (Phi) is 4.62. The summed E-state index contributed by atoms with van der Waals surface area (Å²) in [4.78, 5) is 17.5. The number of rotatable bonds is 5. The summed E-state index contributed by atoms with van der Waals surface area (Å²) < 4.78 is 9.62. The first-order valence-corrected chi connectivity index (χ1v) is 5.54. The van der Waals surface area contributed by atoms with Gasteiger partial charge in [-0.25, -0.2) is 0 Å². The molecule has 0 aliphatic rings. The second kappa shape index (κ2) is 5.77. The van der Waals surface area contributed by atoms with Crippen molar-refractivity contribution in [3.63, 3.8) is 0 Å². The fourth-order valence-corrected chi connectivity index (χ4v) is 1.55. The van der Waals surface area contributed by atoms with Crippen molar-refractivity contribution in [3.05, 3.63) is 11.7 Å². The molecule has 0 aliphatic carbocycles. The zero-order valence-electron chi connectivity index (χ0n) is 10.9. The molecule has 2 atom stereocenters. The van der Waals surface area contributed by atoms with Gasteiger partial charge < -0.3 is 9.26 Å². The molecule has 0 saturated heterocycles. The first-order chi connectivity index (χ1) is 7.95. The van der Waals surface area contributed by atoms with Crippen LogP contribution in [0.5, 0.6) is 0 Å². The van der Waals surface area contributed by atoms with Crippen LogP contribution in [0.25, 0.3) is 0 Å². The lowest BCUT2D eigenvalue weighted by atomic mass is 10.1. The first kappa shape index (κ1) is 13.6. The van der Waals surface area contributed by atoms with E-state index in [4.69, 9.17) is 4.52 Å². The van der Waals surface area contributed by atoms with Crippen molar-refractivity contribution in [1.29, 1.82) is 0 Å². The maximum Gasteiger partial charge on any atom is 0.309 e. The van der Waals surface area contributed by atoms with Gasteiger partial charge in [-0.15, -0.1) is 0 Å². The van der Waals surface area contributed by atoms with Crippen LogP contribution in [0, 0.1) is 12.8 Å². The van der Waals surface area contributed by atoms with Gasteiger partial charge in [0.25, 0.3) is 0 Å². The molecule has 1 rings (SSSR count). The maximum atomic E-state index is 11.3. The summed E-state index contributed by atoms with van der Waals surface area (Å²) in [5.74, 6) is 0.775. The fourth-order valence-electron chi connectivity index (χ4n) is 1.55. The number of carbonyl (C=O) groups excluding carboxylic acids is 1. The molecular weight excluding hydrogens is 222 g/mol. The van der Waals surface area contributed by atoms with E-state index >= 15 is 0 Å². The van der Waals surface area contributed by atoms with Crippen molar-refractivity contribution in [2.24, 2.45) is 5.92 Å². The predicted octanol–water partition coefficient (Wildman–Crippen LogP) is 1.18. The molecule has 0 saturated carbocycles. The van der Waals surface area contributed by atoms with Crippen LogP contribution in [0.1, 0.15) is 31.6 Å². The molecule has 96 valence electrons. The van der Waals surface area contributed by atoms with Gasteiger partial charge in [0.15, 0.2) is 5.82 Å². The Balaban J connectivity index is 2.58. The second-order valence-corrected chi connectivity index (χ2v) is 4.21. The molecule has 0 radical (unpaired) electrons. The molecule has 0 spiro atoms. The van der Waals surface area contributed by atoms with Crippen molar-refractivity contribution in [3.8, 4) is 0 Å². The standard InChI is InChI=1S/C11H19N3O3/c1-7(11(15)16-5)6-14(4)8(2)10-12-9(3)17-13-10/h7-8H,6H2,1-5H3/t7-,8-/m0/s1. The highest BCUT2D eigenvalue weighted by atomic mass is 16.5. The Morgan fingerprint density at radius 1 is 1.53 bits per heavy atom. The van der Waals surface area contributed by atoms with Crippen LogP contribution in [0.4, 0.5) is 0 Å². The average molecular weight is 241 g/mol. The summed E-state index contributed by atoms with van der Waals surface area (Å²) >= 11 is 0. The Hall–Kier alpha value is -1.43. The van der Waals surface area contributed by atoms with Crippen LogP contribution < -0.4 is 0 Å². The summed E-state index contributed by atoms with van der Waals surface area (Å²) in [6.45, 7) is 6.13. The largest absolute Gasteiger partial charge is 0.469 e. The van der Waals surface area contributed by atoms with Crippen LogP contribution in [0.3, 0.4) is 0 Å². The van der Waals surface area contributed by atoms with Crippen LogP contribution >= 0.6 is 0 Å². The summed E-state index contributed by atoms with van der Waals surface area (Å²) in [5, 5.41) is 3.87. The van der Waals surface area contributed by atoms with E-state index in [1.807, 2.05) is 25.8 Å². The lowest BCUT2D eigenvalue weighted by Gasteiger charge is -2.24. The maximum absolute atomic E-state index is 11.3. The van der Waals surface area contributed by atoms with Crippen molar-refractivity contribution in [1.82, 2.24) is 15.0 Å². The van der Waals surface area contributed by atoms with Gasteiger partial charge in [0.2, 0.25) is 5.89 Å². The molecule has 0 fully saturated rings. The third-order valence-corrected chi connectivity index (χ3v) is 2.74. The van der Waals surface area contributed by atoms with E-state index in [-0.39, 0.29) is 17.9 Å². The number of carbonyl (C=O) groups is 1. The number of methoxy groups -OCH3 is 1. The lowest BCUT2D eigenvalue weighted by molar-refractivity contribution is -0.145. The van der Waals surface area contributed by atoms with Gasteiger partial charge in [0.1, 0.15) is 0 Å². The Bertz CT molecular complexity index is 378. The highest BCUT2D eigenvalue weighted by Gasteiger charge is 2.22. The van der Waals surface area contributed by atoms with Gasteiger partial charge in [-0.2, -0.15) is 4.98 Å². The molecule has 17 heavy (non-hydrogen) atoms. The summed E-state index contributed by atoms with van der Waals surface area (Å²) in [6, 6.07) is -0.000411. The zero-order chi connectivity index (χ0) is 13.0. The Labute approximate surface area is 101 Å². The van der Waals surface area contributed by atoms with Gasteiger partial charge in [0, 0.05) is 13.5 Å². The molecule has 1 aromatic heterocycles. The molecule has 0 aromatic carbocycles. The van der Waals surface area contributed by atoms with Crippen LogP contribution in [0.2, 0.25) is 0 Å². The predicted molar refractivity (Wildman–Crippen MR) is 61.3 cm³/mol. The number of hydrogen-bond donors (Lipinski definition) is 0. The monoisotopic (exact) mass is 241 g/mol. The summed E-state index contributed by atoms with van der Waals surface area (Å²) in [7, 11) is 3.31. The highest BCUT2D eigenvalue weighted by molar-refractivity contribution is 5.72. The van der Waals surface area contributed by atoms with Gasteiger partial charge >= 0.3 is 5.97 Å². The van der Waals surface area contributed by atoms with E-state index in [1.165, 1.54) is 7.11 Å². The number of esters is 1. The third-order valence-electron chi connectivity index (χ3n) is 2.74. The molecule has 6 nitrogen and oxygen atoms in total. The molecule has 0 aliphatic heterocycles. The van der Waals surface area contributed by atoms with E-state index in [9.17, 15) is 4.79 Å². The lowest BCUT2D eigenvalue weighted by Crippen LogP contribution is -2.31.